The number of hydrogen-bond donors (Lipinski definition) is 1. The van der Waals surface area contributed by atoms with Crippen molar-refractivity contribution in [3.8, 4) is 11.1 Å². The van der Waals surface area contributed by atoms with Crippen LogP contribution in [0.5, 0.6) is 0 Å². The summed E-state index contributed by atoms with van der Waals surface area (Å²) in [5.41, 5.74) is 5.21. The maximum absolute atomic E-state index is 13.2. The van der Waals surface area contributed by atoms with Crippen LogP contribution in [0.1, 0.15) is 48.1 Å². The van der Waals surface area contributed by atoms with Crippen molar-refractivity contribution >= 4 is 22.9 Å². The van der Waals surface area contributed by atoms with Crippen molar-refractivity contribution in [3.05, 3.63) is 75.7 Å². The monoisotopic (exact) mass is 365 g/mol. The highest BCUT2D eigenvalue weighted by atomic mass is 32.1. The standard InChI is InChI=1S/C22H20FNOS/c1-13(2)14-3-5-15(6-4-14)18-11-20(25)24-21-19(12-26-22(18)21)16-7-9-17(23)10-8-16/h3-10,12-13,18H,11H2,1-2H3,(H,24,25). The van der Waals surface area contributed by atoms with Gasteiger partial charge in [0.15, 0.2) is 0 Å². The van der Waals surface area contributed by atoms with Gasteiger partial charge in [-0.3, -0.25) is 4.79 Å². The Morgan fingerprint density at radius 1 is 1.08 bits per heavy atom. The van der Waals surface area contributed by atoms with E-state index in [1.807, 2.05) is 0 Å². The first-order chi connectivity index (χ1) is 12.5. The number of carbonyl (C=O) groups excluding carboxylic acids is 1. The van der Waals surface area contributed by atoms with Crippen LogP contribution < -0.4 is 5.32 Å². The highest BCUT2D eigenvalue weighted by Gasteiger charge is 2.30. The summed E-state index contributed by atoms with van der Waals surface area (Å²) in [5.74, 6) is 0.322. The maximum atomic E-state index is 13.2. The molecule has 2 heterocycles. The molecule has 1 N–H and O–H groups in total. The molecule has 1 aromatic heterocycles. The van der Waals surface area contributed by atoms with Gasteiger partial charge < -0.3 is 5.32 Å². The van der Waals surface area contributed by atoms with E-state index in [0.29, 0.717) is 12.3 Å². The largest absolute Gasteiger partial charge is 0.325 e. The fourth-order valence-corrected chi connectivity index (χ4v) is 4.61. The van der Waals surface area contributed by atoms with Crippen LogP contribution in [0.3, 0.4) is 0 Å². The van der Waals surface area contributed by atoms with Gasteiger partial charge in [0.1, 0.15) is 5.82 Å². The van der Waals surface area contributed by atoms with Crippen LogP contribution in [-0.4, -0.2) is 5.91 Å². The fourth-order valence-electron chi connectivity index (χ4n) is 3.45. The molecule has 4 rings (SSSR count). The molecule has 1 aliphatic heterocycles. The zero-order chi connectivity index (χ0) is 18.3. The number of carbonyl (C=O) groups is 1. The Balaban J connectivity index is 1.74. The molecule has 0 spiro atoms. The zero-order valence-electron chi connectivity index (χ0n) is 14.8. The minimum absolute atomic E-state index is 0.0252. The summed E-state index contributed by atoms with van der Waals surface area (Å²) in [4.78, 5) is 13.5. The van der Waals surface area contributed by atoms with Crippen LogP contribution in [0.15, 0.2) is 53.9 Å². The van der Waals surface area contributed by atoms with Crippen LogP contribution in [0.2, 0.25) is 0 Å². The molecular formula is C22H20FNOS. The highest BCUT2D eigenvalue weighted by molar-refractivity contribution is 7.11. The van der Waals surface area contributed by atoms with Gasteiger partial charge in [0.2, 0.25) is 5.91 Å². The number of benzene rings is 2. The van der Waals surface area contributed by atoms with E-state index in [0.717, 1.165) is 22.4 Å². The smallest absolute Gasteiger partial charge is 0.225 e. The average molecular weight is 365 g/mol. The Bertz CT molecular complexity index is 941. The van der Waals surface area contributed by atoms with Crippen molar-refractivity contribution in [1.29, 1.82) is 0 Å². The number of thiophene rings is 1. The minimum Gasteiger partial charge on any atom is -0.325 e. The van der Waals surface area contributed by atoms with Crippen LogP contribution in [-0.2, 0) is 4.79 Å². The van der Waals surface area contributed by atoms with Crippen LogP contribution >= 0.6 is 11.3 Å². The van der Waals surface area contributed by atoms with Crippen molar-refractivity contribution in [2.75, 3.05) is 5.32 Å². The quantitative estimate of drug-likeness (QED) is 0.592. The molecule has 1 aliphatic rings. The second kappa shape index (κ2) is 6.69. The number of fused-ring (bicyclic) bond motifs is 1. The molecule has 0 saturated carbocycles. The Morgan fingerprint density at radius 3 is 2.42 bits per heavy atom. The van der Waals surface area contributed by atoms with E-state index >= 15 is 0 Å². The molecule has 0 aliphatic carbocycles. The van der Waals surface area contributed by atoms with Crippen molar-refractivity contribution in [1.82, 2.24) is 0 Å². The predicted octanol–water partition coefficient (Wildman–Crippen LogP) is 6.15. The Hall–Kier alpha value is -2.46. The molecule has 2 aromatic carbocycles. The third-order valence-corrected chi connectivity index (χ3v) is 6.05. The zero-order valence-corrected chi connectivity index (χ0v) is 15.6. The summed E-state index contributed by atoms with van der Waals surface area (Å²) in [6.07, 6.45) is 0.456. The minimum atomic E-state index is -0.259. The molecule has 0 fully saturated rings. The average Bonchev–Trinajstić information content (AvgIpc) is 3.05. The van der Waals surface area contributed by atoms with Crippen LogP contribution in [0.4, 0.5) is 10.1 Å². The van der Waals surface area contributed by atoms with E-state index < -0.39 is 0 Å². The summed E-state index contributed by atoms with van der Waals surface area (Å²) in [6.45, 7) is 4.35. The first-order valence-electron chi connectivity index (χ1n) is 8.80. The molecular weight excluding hydrogens is 345 g/mol. The second-order valence-electron chi connectivity index (χ2n) is 7.02. The Morgan fingerprint density at radius 2 is 1.77 bits per heavy atom. The second-order valence-corrected chi connectivity index (χ2v) is 7.93. The van der Waals surface area contributed by atoms with E-state index in [9.17, 15) is 9.18 Å². The summed E-state index contributed by atoms with van der Waals surface area (Å²) in [7, 11) is 0. The lowest BCUT2D eigenvalue weighted by molar-refractivity contribution is -0.116. The molecule has 26 heavy (non-hydrogen) atoms. The predicted molar refractivity (Wildman–Crippen MR) is 105 cm³/mol. The number of halogens is 1. The van der Waals surface area contributed by atoms with E-state index in [2.05, 4.69) is 48.8 Å². The third kappa shape index (κ3) is 3.06. The molecule has 3 aromatic rings. The molecule has 0 saturated heterocycles. The van der Waals surface area contributed by atoms with Gasteiger partial charge in [-0.25, -0.2) is 4.39 Å². The molecule has 2 nitrogen and oxygen atoms in total. The van der Waals surface area contributed by atoms with Gasteiger partial charge in [-0.05, 0) is 34.7 Å². The molecule has 0 radical (unpaired) electrons. The van der Waals surface area contributed by atoms with Gasteiger partial charge in [0, 0.05) is 28.2 Å². The van der Waals surface area contributed by atoms with Gasteiger partial charge in [0.25, 0.3) is 0 Å². The number of rotatable bonds is 3. The normalized spacial score (nSPS) is 16.5. The van der Waals surface area contributed by atoms with Crippen molar-refractivity contribution in [2.24, 2.45) is 0 Å². The number of nitrogens with one attached hydrogen (secondary N) is 1. The van der Waals surface area contributed by atoms with Crippen molar-refractivity contribution in [2.45, 2.75) is 32.1 Å². The van der Waals surface area contributed by atoms with Gasteiger partial charge in [-0.2, -0.15) is 0 Å². The van der Waals surface area contributed by atoms with Crippen molar-refractivity contribution in [3.63, 3.8) is 0 Å². The van der Waals surface area contributed by atoms with E-state index in [-0.39, 0.29) is 17.6 Å². The molecule has 1 amide bonds. The summed E-state index contributed by atoms with van der Waals surface area (Å²) >= 11 is 1.66. The molecule has 4 heteroatoms. The number of hydrogen-bond acceptors (Lipinski definition) is 2. The summed E-state index contributed by atoms with van der Waals surface area (Å²) in [5, 5.41) is 5.08. The van der Waals surface area contributed by atoms with Gasteiger partial charge >= 0.3 is 0 Å². The molecule has 0 bridgehead atoms. The Kier molecular flexibility index (Phi) is 4.37. The maximum Gasteiger partial charge on any atom is 0.225 e. The lowest BCUT2D eigenvalue weighted by Crippen LogP contribution is -2.22. The van der Waals surface area contributed by atoms with Crippen LogP contribution in [0, 0.1) is 5.82 Å². The summed E-state index contributed by atoms with van der Waals surface area (Å²) in [6, 6.07) is 15.0. The third-order valence-electron chi connectivity index (χ3n) is 4.95. The molecule has 1 atom stereocenters. The summed E-state index contributed by atoms with van der Waals surface area (Å²) < 4.78 is 13.2. The highest BCUT2D eigenvalue weighted by Crippen LogP contribution is 2.46. The fraction of sp³-hybridized carbons (Fsp3) is 0.227. The number of anilines is 1. The van der Waals surface area contributed by atoms with Gasteiger partial charge in [-0.15, -0.1) is 11.3 Å². The van der Waals surface area contributed by atoms with E-state index in [1.54, 1.807) is 23.5 Å². The SMILES string of the molecule is CC(C)c1ccc(C2CC(=O)Nc3c(-c4ccc(F)cc4)csc32)cc1. The van der Waals surface area contributed by atoms with Crippen molar-refractivity contribution < 1.29 is 9.18 Å². The molecule has 132 valence electrons. The first kappa shape index (κ1) is 17.0. The Labute approximate surface area is 156 Å². The lowest BCUT2D eigenvalue weighted by atomic mass is 9.88. The van der Waals surface area contributed by atoms with Gasteiger partial charge in [-0.1, -0.05) is 50.2 Å². The van der Waals surface area contributed by atoms with Crippen LogP contribution in [0.25, 0.3) is 11.1 Å². The number of amides is 1. The topological polar surface area (TPSA) is 29.1 Å². The lowest BCUT2D eigenvalue weighted by Gasteiger charge is -2.24. The first-order valence-corrected chi connectivity index (χ1v) is 9.68. The molecule has 1 unspecified atom stereocenters. The van der Waals surface area contributed by atoms with E-state index in [1.165, 1.54) is 22.6 Å². The van der Waals surface area contributed by atoms with E-state index in [4.69, 9.17) is 0 Å². The van der Waals surface area contributed by atoms with Gasteiger partial charge in [0.05, 0.1) is 5.69 Å².